The van der Waals surface area contributed by atoms with Crippen molar-refractivity contribution >= 4 is 61.4 Å². The number of thioether (sulfide) groups is 1. The Morgan fingerprint density at radius 3 is 2.33 bits per heavy atom. The first kappa shape index (κ1) is 24.6. The molecular formula is C30H28BrN3OS. The highest BCUT2D eigenvalue weighted by atomic mass is 79.9. The van der Waals surface area contributed by atoms with Gasteiger partial charge in [0.25, 0.3) is 5.91 Å². The van der Waals surface area contributed by atoms with Gasteiger partial charge in [-0.25, -0.2) is 4.99 Å². The third kappa shape index (κ3) is 4.56. The molecule has 0 bridgehead atoms. The number of benzene rings is 3. The summed E-state index contributed by atoms with van der Waals surface area (Å²) in [4.78, 5) is 20.9. The summed E-state index contributed by atoms with van der Waals surface area (Å²) in [6, 6.07) is 23.0. The number of amidine groups is 1. The molecule has 5 rings (SSSR count). The van der Waals surface area contributed by atoms with Crippen LogP contribution in [0.1, 0.15) is 34.9 Å². The molecule has 0 aliphatic carbocycles. The number of halogens is 1. The molecule has 1 aliphatic rings. The minimum atomic E-state index is 0.0108. The Morgan fingerprint density at radius 1 is 0.944 bits per heavy atom. The van der Waals surface area contributed by atoms with Gasteiger partial charge in [-0.1, -0.05) is 64.5 Å². The van der Waals surface area contributed by atoms with Crippen LogP contribution in [0.5, 0.6) is 0 Å². The highest BCUT2D eigenvalue weighted by Gasteiger charge is 2.33. The van der Waals surface area contributed by atoms with Crippen molar-refractivity contribution in [2.75, 3.05) is 6.54 Å². The normalized spacial score (nSPS) is 16.1. The quantitative estimate of drug-likeness (QED) is 0.233. The second-order valence-corrected chi connectivity index (χ2v) is 10.9. The molecule has 1 saturated heterocycles. The maximum absolute atomic E-state index is 13.4. The maximum Gasteiger partial charge on any atom is 0.266 e. The van der Waals surface area contributed by atoms with Gasteiger partial charge in [-0.15, -0.1) is 0 Å². The van der Waals surface area contributed by atoms with E-state index in [2.05, 4.69) is 108 Å². The van der Waals surface area contributed by atoms with Gasteiger partial charge in [0.05, 0.1) is 10.6 Å². The lowest BCUT2D eigenvalue weighted by Crippen LogP contribution is -2.28. The Labute approximate surface area is 224 Å². The van der Waals surface area contributed by atoms with Gasteiger partial charge in [-0.3, -0.25) is 9.69 Å². The van der Waals surface area contributed by atoms with Crippen LogP contribution in [0.3, 0.4) is 0 Å². The molecule has 1 amide bonds. The van der Waals surface area contributed by atoms with Gasteiger partial charge in [0.15, 0.2) is 5.17 Å². The first-order valence-electron chi connectivity index (χ1n) is 12.1. The second-order valence-electron chi connectivity index (χ2n) is 9.02. The van der Waals surface area contributed by atoms with Crippen molar-refractivity contribution in [3.8, 4) is 0 Å². The van der Waals surface area contributed by atoms with Gasteiger partial charge in [0.2, 0.25) is 0 Å². The molecule has 0 radical (unpaired) electrons. The summed E-state index contributed by atoms with van der Waals surface area (Å²) in [6.45, 7) is 9.60. The van der Waals surface area contributed by atoms with E-state index in [1.165, 1.54) is 17.3 Å². The lowest BCUT2D eigenvalue weighted by atomic mass is 10.1. The van der Waals surface area contributed by atoms with Crippen molar-refractivity contribution in [3.05, 3.63) is 104 Å². The van der Waals surface area contributed by atoms with E-state index in [1.54, 1.807) is 4.90 Å². The summed E-state index contributed by atoms with van der Waals surface area (Å²) < 4.78 is 3.40. The summed E-state index contributed by atoms with van der Waals surface area (Å²) in [6.07, 6.45) is 2.05. The van der Waals surface area contributed by atoms with Gasteiger partial charge in [-0.05, 0) is 80.4 Å². The highest BCUT2D eigenvalue weighted by Crippen LogP contribution is 2.38. The molecule has 0 N–H and O–H groups in total. The topological polar surface area (TPSA) is 37.6 Å². The Hall–Kier alpha value is -3.09. The number of carbonyl (C=O) groups is 1. The van der Waals surface area contributed by atoms with E-state index in [9.17, 15) is 4.79 Å². The monoisotopic (exact) mass is 557 g/mol. The molecule has 4 nitrogen and oxygen atoms in total. The zero-order chi connectivity index (χ0) is 25.4. The molecule has 3 aromatic carbocycles. The molecule has 0 saturated carbocycles. The van der Waals surface area contributed by atoms with Gasteiger partial charge in [0.1, 0.15) is 0 Å². The Morgan fingerprint density at radius 2 is 1.64 bits per heavy atom. The minimum absolute atomic E-state index is 0.0108. The molecule has 0 spiro atoms. The Bertz CT molecular complexity index is 1510. The highest BCUT2D eigenvalue weighted by molar-refractivity contribution is 9.10. The molecule has 1 aliphatic heterocycles. The van der Waals surface area contributed by atoms with Crippen molar-refractivity contribution < 1.29 is 4.79 Å². The first-order chi connectivity index (χ1) is 17.4. The summed E-state index contributed by atoms with van der Waals surface area (Å²) in [5.41, 5.74) is 7.78. The van der Waals surface area contributed by atoms with E-state index >= 15 is 0 Å². The first-order valence-corrected chi connectivity index (χ1v) is 13.7. The van der Waals surface area contributed by atoms with Crippen LogP contribution in [-0.4, -0.2) is 27.1 Å². The van der Waals surface area contributed by atoms with E-state index in [-0.39, 0.29) is 5.91 Å². The number of aromatic nitrogens is 1. The molecule has 0 unspecified atom stereocenters. The van der Waals surface area contributed by atoms with Crippen LogP contribution in [-0.2, 0) is 11.3 Å². The number of carbonyl (C=O) groups excluding carboxylic acids is 1. The van der Waals surface area contributed by atoms with E-state index in [1.807, 2.05) is 13.0 Å². The van der Waals surface area contributed by atoms with Crippen LogP contribution in [0.25, 0.3) is 17.0 Å². The fraction of sp³-hybridized carbons (Fsp3) is 0.200. The van der Waals surface area contributed by atoms with Gasteiger partial charge < -0.3 is 4.57 Å². The number of para-hydroxylation sites is 2. The average molecular weight is 559 g/mol. The standard InChI is InChI=1S/C30H28BrN3OS/c1-5-33-29(35)27(36-30(33)32-28-19(2)9-8-10-20(28)3)17-25-21(4)34(26-12-7-6-11-24(25)26)18-22-13-15-23(31)16-14-22/h6-17H,5,18H2,1-4H3/b27-17+,32-30?. The molecule has 4 aromatic rings. The van der Waals surface area contributed by atoms with E-state index in [0.29, 0.717) is 11.4 Å². The fourth-order valence-electron chi connectivity index (χ4n) is 4.70. The van der Waals surface area contributed by atoms with Gasteiger partial charge >= 0.3 is 0 Å². The molecule has 1 fully saturated rings. The van der Waals surface area contributed by atoms with Crippen LogP contribution in [0.2, 0.25) is 0 Å². The van der Waals surface area contributed by atoms with Crippen LogP contribution in [0, 0.1) is 20.8 Å². The van der Waals surface area contributed by atoms with E-state index in [0.717, 1.165) is 55.2 Å². The molecule has 0 atom stereocenters. The SMILES string of the molecule is CCN1C(=O)/C(=C\c2c(C)n(Cc3ccc(Br)cc3)c3ccccc23)SC1=Nc1c(C)cccc1C. The summed E-state index contributed by atoms with van der Waals surface area (Å²) in [5.74, 6) is 0.0108. The van der Waals surface area contributed by atoms with Crippen molar-refractivity contribution in [3.63, 3.8) is 0 Å². The van der Waals surface area contributed by atoms with Crippen molar-refractivity contribution in [1.82, 2.24) is 9.47 Å². The van der Waals surface area contributed by atoms with E-state index in [4.69, 9.17) is 4.99 Å². The lowest BCUT2D eigenvalue weighted by molar-refractivity contribution is -0.122. The molecular weight excluding hydrogens is 530 g/mol. The van der Waals surface area contributed by atoms with Crippen molar-refractivity contribution in [2.45, 2.75) is 34.2 Å². The summed E-state index contributed by atoms with van der Waals surface area (Å²) in [5, 5.41) is 1.89. The predicted molar refractivity (Wildman–Crippen MR) is 156 cm³/mol. The Kier molecular flexibility index (Phi) is 6.91. The molecule has 1 aromatic heterocycles. The second kappa shape index (κ2) is 10.1. The number of aliphatic imine (C=N–C) groups is 1. The van der Waals surface area contributed by atoms with Crippen LogP contribution in [0.4, 0.5) is 5.69 Å². The number of fused-ring (bicyclic) bond motifs is 1. The number of nitrogens with zero attached hydrogens (tertiary/aromatic N) is 3. The number of hydrogen-bond donors (Lipinski definition) is 0. The van der Waals surface area contributed by atoms with Crippen LogP contribution < -0.4 is 0 Å². The number of likely N-dealkylation sites (N-methyl/N-ethyl adjacent to an activating group) is 1. The average Bonchev–Trinajstić information content (AvgIpc) is 3.31. The number of aryl methyl sites for hydroxylation is 2. The molecule has 2 heterocycles. The van der Waals surface area contributed by atoms with Crippen molar-refractivity contribution in [1.29, 1.82) is 0 Å². The largest absolute Gasteiger partial charge is 0.340 e. The smallest absolute Gasteiger partial charge is 0.266 e. The number of hydrogen-bond acceptors (Lipinski definition) is 3. The molecule has 6 heteroatoms. The minimum Gasteiger partial charge on any atom is -0.340 e. The maximum atomic E-state index is 13.4. The molecule has 182 valence electrons. The van der Waals surface area contributed by atoms with Crippen LogP contribution >= 0.6 is 27.7 Å². The summed E-state index contributed by atoms with van der Waals surface area (Å²) in [7, 11) is 0. The fourth-order valence-corrected chi connectivity index (χ4v) is 5.99. The zero-order valence-electron chi connectivity index (χ0n) is 20.9. The predicted octanol–water partition coefficient (Wildman–Crippen LogP) is 8.00. The number of amides is 1. The lowest BCUT2D eigenvalue weighted by Gasteiger charge is -2.13. The van der Waals surface area contributed by atoms with Gasteiger partial charge in [-0.2, -0.15) is 0 Å². The zero-order valence-corrected chi connectivity index (χ0v) is 23.3. The van der Waals surface area contributed by atoms with Crippen LogP contribution in [0.15, 0.2) is 81.1 Å². The number of rotatable bonds is 5. The van der Waals surface area contributed by atoms with Crippen molar-refractivity contribution in [2.24, 2.45) is 4.99 Å². The third-order valence-electron chi connectivity index (χ3n) is 6.66. The molecule has 36 heavy (non-hydrogen) atoms. The Balaban J connectivity index is 1.57. The van der Waals surface area contributed by atoms with Gasteiger partial charge in [0, 0.05) is 39.7 Å². The third-order valence-corrected chi connectivity index (χ3v) is 8.20. The van der Waals surface area contributed by atoms with E-state index < -0.39 is 0 Å². The summed E-state index contributed by atoms with van der Waals surface area (Å²) >= 11 is 4.99.